The number of imide groups is 1. The van der Waals surface area contributed by atoms with Crippen molar-refractivity contribution in [1.82, 2.24) is 5.32 Å². The van der Waals surface area contributed by atoms with Crippen LogP contribution in [-0.4, -0.2) is 36.1 Å². The van der Waals surface area contributed by atoms with Crippen molar-refractivity contribution in [3.8, 4) is 11.5 Å². The van der Waals surface area contributed by atoms with Gasteiger partial charge >= 0.3 is 12.6 Å². The van der Waals surface area contributed by atoms with Crippen LogP contribution in [0.25, 0.3) is 0 Å². The Morgan fingerprint density at radius 2 is 1.90 bits per heavy atom. The van der Waals surface area contributed by atoms with Gasteiger partial charge in [0.05, 0.1) is 24.2 Å². The lowest BCUT2D eigenvalue weighted by Gasteiger charge is -2.20. The van der Waals surface area contributed by atoms with E-state index in [4.69, 9.17) is 4.74 Å². The van der Waals surface area contributed by atoms with Gasteiger partial charge in [0.2, 0.25) is 0 Å². The van der Waals surface area contributed by atoms with Crippen LogP contribution in [0.4, 0.5) is 8.78 Å². The van der Waals surface area contributed by atoms with Crippen LogP contribution in [0.2, 0.25) is 0 Å². The van der Waals surface area contributed by atoms with Crippen molar-refractivity contribution < 1.29 is 37.7 Å². The number of alkyl halides is 2. The fourth-order valence-electron chi connectivity index (χ4n) is 3.66. The minimum Gasteiger partial charge on any atom is -0.489 e. The molecule has 2 aromatic carbocycles. The van der Waals surface area contributed by atoms with Crippen LogP contribution in [0.3, 0.4) is 0 Å². The van der Waals surface area contributed by atoms with Gasteiger partial charge in [-0.3, -0.25) is 19.7 Å². The monoisotopic (exact) mass is 431 g/mol. The zero-order valence-electron chi connectivity index (χ0n) is 16.3. The Kier molecular flexibility index (Phi) is 5.58. The van der Waals surface area contributed by atoms with Crippen molar-refractivity contribution in [2.75, 3.05) is 6.61 Å². The van der Waals surface area contributed by atoms with Crippen molar-refractivity contribution in [2.45, 2.75) is 31.8 Å². The van der Waals surface area contributed by atoms with Crippen LogP contribution in [-0.2, 0) is 4.79 Å². The fourth-order valence-corrected chi connectivity index (χ4v) is 3.66. The number of ether oxygens (including phenoxy) is 2. The molecule has 1 saturated carbocycles. The van der Waals surface area contributed by atoms with Crippen molar-refractivity contribution in [2.24, 2.45) is 5.92 Å². The molecule has 0 bridgehead atoms. The third-order valence-corrected chi connectivity index (χ3v) is 5.31. The lowest BCUT2D eigenvalue weighted by Crippen LogP contribution is -2.21. The maximum Gasteiger partial charge on any atom is 0.387 e. The lowest BCUT2D eigenvalue weighted by atomic mass is 9.84. The average molecular weight is 431 g/mol. The predicted molar refractivity (Wildman–Crippen MR) is 104 cm³/mol. The maximum atomic E-state index is 12.8. The van der Waals surface area contributed by atoms with Crippen LogP contribution in [0.1, 0.15) is 57.0 Å². The van der Waals surface area contributed by atoms with Crippen LogP contribution in [0.5, 0.6) is 11.5 Å². The number of benzene rings is 2. The smallest absolute Gasteiger partial charge is 0.387 e. The van der Waals surface area contributed by atoms with Crippen molar-refractivity contribution in [3.05, 3.63) is 58.7 Å². The molecular formula is C22H19F2NO6. The summed E-state index contributed by atoms with van der Waals surface area (Å²) in [6, 6.07) is 8.86. The number of nitrogens with one attached hydrogen (secondary N) is 1. The first-order valence-electron chi connectivity index (χ1n) is 9.75. The summed E-state index contributed by atoms with van der Waals surface area (Å²) in [4.78, 5) is 35.9. The summed E-state index contributed by atoms with van der Waals surface area (Å²) in [5.41, 5.74) is 1.09. The molecule has 7 nitrogen and oxygen atoms in total. The molecule has 162 valence electrons. The van der Waals surface area contributed by atoms with E-state index < -0.39 is 30.3 Å². The number of aliphatic carboxylic acids is 1. The molecule has 2 N–H and O–H groups in total. The number of carbonyl (C=O) groups excluding carboxylic acids is 2. The Bertz CT molecular complexity index is 1050. The molecule has 0 saturated heterocycles. The number of rotatable bonds is 9. The van der Waals surface area contributed by atoms with E-state index in [9.17, 15) is 28.3 Å². The highest BCUT2D eigenvalue weighted by Gasteiger charge is 2.33. The zero-order valence-corrected chi connectivity index (χ0v) is 16.3. The fraction of sp³-hybridized carbons (Fsp3) is 0.318. The molecule has 0 aromatic heterocycles. The molecule has 1 aliphatic carbocycles. The highest BCUT2D eigenvalue weighted by atomic mass is 19.3. The van der Waals surface area contributed by atoms with Gasteiger partial charge in [-0.1, -0.05) is 18.2 Å². The number of fused-ring (bicyclic) bond motifs is 1. The van der Waals surface area contributed by atoms with Crippen LogP contribution < -0.4 is 14.8 Å². The number of halogens is 2. The summed E-state index contributed by atoms with van der Waals surface area (Å²) in [5, 5.41) is 11.7. The summed E-state index contributed by atoms with van der Waals surface area (Å²) in [6.45, 7) is -2.71. The minimum atomic E-state index is -3.05. The molecule has 1 atom stereocenters. The molecular weight excluding hydrogens is 412 g/mol. The third kappa shape index (κ3) is 4.50. The molecule has 4 rings (SSSR count). The van der Waals surface area contributed by atoms with E-state index in [0.717, 1.165) is 12.8 Å². The van der Waals surface area contributed by atoms with E-state index in [1.165, 1.54) is 24.3 Å². The van der Waals surface area contributed by atoms with E-state index in [0.29, 0.717) is 23.7 Å². The Balaban J connectivity index is 1.76. The molecule has 2 aliphatic rings. The number of hydrogen-bond acceptors (Lipinski definition) is 5. The highest BCUT2D eigenvalue weighted by Crippen LogP contribution is 2.39. The predicted octanol–water partition coefficient (Wildman–Crippen LogP) is 3.57. The lowest BCUT2D eigenvalue weighted by molar-refractivity contribution is -0.137. The summed E-state index contributed by atoms with van der Waals surface area (Å²) >= 11 is 0. The van der Waals surface area contributed by atoms with E-state index in [1.54, 1.807) is 12.1 Å². The first-order chi connectivity index (χ1) is 14.8. The molecule has 1 aliphatic heterocycles. The molecule has 1 unspecified atom stereocenters. The van der Waals surface area contributed by atoms with E-state index in [2.05, 4.69) is 10.1 Å². The zero-order chi connectivity index (χ0) is 22.1. The van der Waals surface area contributed by atoms with Crippen LogP contribution in [0, 0.1) is 5.92 Å². The number of carboxylic acids is 1. The summed E-state index contributed by atoms with van der Waals surface area (Å²) in [5.74, 6) is -2.81. The van der Waals surface area contributed by atoms with Gasteiger partial charge in [-0.05, 0) is 48.1 Å². The van der Waals surface area contributed by atoms with Gasteiger partial charge in [-0.25, -0.2) is 0 Å². The highest BCUT2D eigenvalue weighted by molar-refractivity contribution is 6.22. The second-order valence-electron chi connectivity index (χ2n) is 7.54. The quantitative estimate of drug-likeness (QED) is 0.589. The second-order valence-corrected chi connectivity index (χ2v) is 7.54. The number of carbonyl (C=O) groups is 3. The molecule has 9 heteroatoms. The van der Waals surface area contributed by atoms with Crippen LogP contribution >= 0.6 is 0 Å². The summed E-state index contributed by atoms with van der Waals surface area (Å²) < 4.78 is 35.8. The molecule has 31 heavy (non-hydrogen) atoms. The molecule has 1 heterocycles. The van der Waals surface area contributed by atoms with E-state index in [1.807, 2.05) is 0 Å². The van der Waals surface area contributed by atoms with Gasteiger partial charge < -0.3 is 14.6 Å². The number of carboxylic acid groups (broad SMARTS) is 1. The summed E-state index contributed by atoms with van der Waals surface area (Å²) in [6.07, 6.45) is 1.60. The number of hydrogen-bond donors (Lipinski definition) is 2. The van der Waals surface area contributed by atoms with Crippen LogP contribution in [0.15, 0.2) is 36.4 Å². The van der Waals surface area contributed by atoms with E-state index in [-0.39, 0.29) is 29.0 Å². The Morgan fingerprint density at radius 3 is 2.58 bits per heavy atom. The molecule has 2 aromatic rings. The average Bonchev–Trinajstić information content (AvgIpc) is 3.50. The van der Waals surface area contributed by atoms with Crippen molar-refractivity contribution in [3.63, 3.8) is 0 Å². The Labute approximate surface area is 176 Å². The van der Waals surface area contributed by atoms with Crippen molar-refractivity contribution in [1.29, 1.82) is 0 Å². The Morgan fingerprint density at radius 1 is 1.13 bits per heavy atom. The Hall–Kier alpha value is -3.49. The van der Waals surface area contributed by atoms with Crippen molar-refractivity contribution >= 4 is 17.8 Å². The first kappa shape index (κ1) is 20.8. The topological polar surface area (TPSA) is 102 Å². The van der Waals surface area contributed by atoms with Gasteiger partial charge in [0, 0.05) is 5.92 Å². The first-order valence-corrected chi connectivity index (χ1v) is 9.75. The molecule has 1 fully saturated rings. The normalized spacial score (nSPS) is 16.1. The molecule has 0 radical (unpaired) electrons. The van der Waals surface area contributed by atoms with Gasteiger partial charge in [-0.2, -0.15) is 8.78 Å². The van der Waals surface area contributed by atoms with Gasteiger partial charge in [-0.15, -0.1) is 0 Å². The third-order valence-electron chi connectivity index (χ3n) is 5.31. The summed E-state index contributed by atoms with van der Waals surface area (Å²) in [7, 11) is 0. The van der Waals surface area contributed by atoms with Gasteiger partial charge in [0.15, 0.2) is 11.5 Å². The second kappa shape index (κ2) is 8.33. The maximum absolute atomic E-state index is 12.8. The molecule has 0 spiro atoms. The minimum absolute atomic E-state index is 0.0770. The standard InChI is InChI=1S/C22H19F2NO6/c23-22(24)31-16-7-6-12(8-17(16)30-10-11-4-5-11)15(9-18(26)27)13-2-1-3-14-19(13)21(29)25-20(14)28/h1-3,6-8,11,15,22H,4-5,9-10H2,(H,26,27)(H,25,28,29). The van der Waals surface area contributed by atoms with Gasteiger partial charge in [0.25, 0.3) is 11.8 Å². The number of amides is 2. The largest absolute Gasteiger partial charge is 0.489 e. The SMILES string of the molecule is O=C(O)CC(c1ccc(OC(F)F)c(OCC2CC2)c1)c1cccc2c1C(=O)NC2=O. The van der Waals surface area contributed by atoms with E-state index >= 15 is 0 Å². The molecule has 2 amide bonds. The van der Waals surface area contributed by atoms with Gasteiger partial charge in [0.1, 0.15) is 0 Å².